The molecule has 0 radical (unpaired) electrons. The molecule has 11 heteroatoms. The molecule has 0 amide bonds. The standard InChI is InChI=1S/C25H26N6O4S/c1-35-20-10-16(7-8-26-20)28-25-27-11-17(24-30-19(13-36-24)14-5-3-2-4-6-14)23(31-25)29-18-9-15(12-32)21(33)22(18)34/h2-8,10-11,13,15,18,21-22,32-34H,9,12H2,1H3,(H2,26,27,28,29,31). The summed E-state index contributed by atoms with van der Waals surface area (Å²) in [5.41, 5.74) is 3.19. The molecule has 3 heterocycles. The van der Waals surface area contributed by atoms with Crippen LogP contribution in [-0.2, 0) is 0 Å². The van der Waals surface area contributed by atoms with Gasteiger partial charge in [0.25, 0.3) is 0 Å². The predicted octanol–water partition coefficient (Wildman–Crippen LogP) is 2.93. The van der Waals surface area contributed by atoms with E-state index in [2.05, 4.69) is 25.6 Å². The average Bonchev–Trinajstić information content (AvgIpc) is 3.50. The minimum atomic E-state index is -1.05. The van der Waals surface area contributed by atoms with Crippen LogP contribution in [0.15, 0.2) is 60.2 Å². The van der Waals surface area contributed by atoms with Gasteiger partial charge in [0.05, 0.1) is 30.5 Å². The van der Waals surface area contributed by atoms with Gasteiger partial charge in [0.15, 0.2) is 0 Å². The topological polar surface area (TPSA) is 146 Å². The molecule has 4 unspecified atom stereocenters. The summed E-state index contributed by atoms with van der Waals surface area (Å²) in [7, 11) is 1.54. The van der Waals surface area contributed by atoms with Crippen molar-refractivity contribution < 1.29 is 20.1 Å². The van der Waals surface area contributed by atoms with Crippen molar-refractivity contribution in [3.8, 4) is 27.7 Å². The third kappa shape index (κ3) is 5.00. The number of pyridine rings is 1. The molecule has 10 nitrogen and oxygen atoms in total. The maximum atomic E-state index is 10.6. The second-order valence-electron chi connectivity index (χ2n) is 8.48. The molecule has 0 bridgehead atoms. The highest BCUT2D eigenvalue weighted by atomic mass is 32.1. The van der Waals surface area contributed by atoms with E-state index in [1.54, 1.807) is 24.5 Å². The molecule has 5 N–H and O–H groups in total. The number of nitrogens with one attached hydrogen (secondary N) is 2. The molecule has 0 saturated heterocycles. The number of nitrogens with zero attached hydrogens (tertiary/aromatic N) is 4. The van der Waals surface area contributed by atoms with Gasteiger partial charge in [-0.25, -0.2) is 15.0 Å². The Kier molecular flexibility index (Phi) is 7.05. The van der Waals surface area contributed by atoms with Crippen molar-refractivity contribution in [2.75, 3.05) is 24.4 Å². The first-order valence-electron chi connectivity index (χ1n) is 11.4. The molecule has 5 rings (SSSR count). The van der Waals surface area contributed by atoms with Gasteiger partial charge in [-0.1, -0.05) is 30.3 Å². The summed E-state index contributed by atoms with van der Waals surface area (Å²) < 4.78 is 5.18. The third-order valence-electron chi connectivity index (χ3n) is 6.15. The number of rotatable bonds is 8. The van der Waals surface area contributed by atoms with E-state index in [0.29, 0.717) is 40.3 Å². The van der Waals surface area contributed by atoms with Crippen LogP contribution >= 0.6 is 11.3 Å². The summed E-state index contributed by atoms with van der Waals surface area (Å²) >= 11 is 1.46. The molecule has 4 atom stereocenters. The van der Waals surface area contributed by atoms with Crippen LogP contribution in [0.4, 0.5) is 17.5 Å². The molecule has 1 aliphatic carbocycles. The number of methoxy groups -OCH3 is 1. The molecule has 0 aliphatic heterocycles. The molecule has 1 aromatic carbocycles. The lowest BCUT2D eigenvalue weighted by Crippen LogP contribution is -2.35. The highest BCUT2D eigenvalue weighted by molar-refractivity contribution is 7.13. The molecule has 1 saturated carbocycles. The van der Waals surface area contributed by atoms with Gasteiger partial charge in [-0.2, -0.15) is 4.98 Å². The Morgan fingerprint density at radius 1 is 1.08 bits per heavy atom. The summed E-state index contributed by atoms with van der Waals surface area (Å²) in [5.74, 6) is 0.803. The smallest absolute Gasteiger partial charge is 0.229 e. The van der Waals surface area contributed by atoms with E-state index in [-0.39, 0.29) is 6.61 Å². The van der Waals surface area contributed by atoms with Gasteiger partial charge in [0, 0.05) is 47.6 Å². The fourth-order valence-corrected chi connectivity index (χ4v) is 5.04. The van der Waals surface area contributed by atoms with Gasteiger partial charge in [-0.05, 0) is 12.5 Å². The first kappa shape index (κ1) is 24.1. The number of aliphatic hydroxyl groups is 3. The normalized spacial score (nSPS) is 21.3. The second kappa shape index (κ2) is 10.5. The van der Waals surface area contributed by atoms with Gasteiger partial charge in [0.1, 0.15) is 16.9 Å². The summed E-state index contributed by atoms with van der Waals surface area (Å²) in [4.78, 5) is 18.0. The second-order valence-corrected chi connectivity index (χ2v) is 9.34. The number of thiazole rings is 1. The van der Waals surface area contributed by atoms with Crippen molar-refractivity contribution in [1.29, 1.82) is 0 Å². The lowest BCUT2D eigenvalue weighted by Gasteiger charge is -2.20. The van der Waals surface area contributed by atoms with Gasteiger partial charge >= 0.3 is 0 Å². The van der Waals surface area contributed by atoms with Crippen molar-refractivity contribution >= 4 is 28.8 Å². The van der Waals surface area contributed by atoms with Crippen LogP contribution in [0.3, 0.4) is 0 Å². The van der Waals surface area contributed by atoms with Gasteiger partial charge in [-0.15, -0.1) is 11.3 Å². The lowest BCUT2D eigenvalue weighted by molar-refractivity contribution is 0.00446. The summed E-state index contributed by atoms with van der Waals surface area (Å²) in [6.07, 6.45) is 1.59. The van der Waals surface area contributed by atoms with E-state index < -0.39 is 24.2 Å². The van der Waals surface area contributed by atoms with Crippen molar-refractivity contribution in [2.45, 2.75) is 24.7 Å². The molecule has 1 aliphatic rings. The largest absolute Gasteiger partial charge is 0.481 e. The zero-order valence-electron chi connectivity index (χ0n) is 19.4. The molecule has 36 heavy (non-hydrogen) atoms. The van der Waals surface area contributed by atoms with Crippen molar-refractivity contribution in [3.05, 3.63) is 60.2 Å². The van der Waals surface area contributed by atoms with Crippen LogP contribution in [0.5, 0.6) is 5.88 Å². The molecule has 1 fully saturated rings. The van der Waals surface area contributed by atoms with E-state index in [1.165, 1.54) is 18.4 Å². The zero-order chi connectivity index (χ0) is 25.1. The van der Waals surface area contributed by atoms with E-state index in [4.69, 9.17) is 9.72 Å². The fraction of sp³-hybridized carbons (Fsp3) is 0.280. The number of aliphatic hydroxyl groups excluding tert-OH is 3. The number of anilines is 3. The predicted molar refractivity (Wildman–Crippen MR) is 137 cm³/mol. The lowest BCUT2D eigenvalue weighted by atomic mass is 10.1. The minimum absolute atomic E-state index is 0.212. The third-order valence-corrected chi connectivity index (χ3v) is 7.03. The van der Waals surface area contributed by atoms with E-state index >= 15 is 0 Å². The van der Waals surface area contributed by atoms with E-state index in [9.17, 15) is 15.3 Å². The SMILES string of the molecule is COc1cc(Nc2ncc(-c3nc(-c4ccccc4)cs3)c(NC3CC(CO)C(O)C3O)n2)ccn1. The Morgan fingerprint density at radius 2 is 1.92 bits per heavy atom. The number of hydrogen-bond acceptors (Lipinski definition) is 11. The fourth-order valence-electron chi connectivity index (χ4n) is 4.20. The first-order chi connectivity index (χ1) is 17.6. The van der Waals surface area contributed by atoms with Crippen LogP contribution in [0.25, 0.3) is 21.8 Å². The van der Waals surface area contributed by atoms with E-state index in [0.717, 1.165) is 11.3 Å². The Bertz CT molecular complexity index is 1320. The Labute approximate surface area is 211 Å². The van der Waals surface area contributed by atoms with Crippen molar-refractivity contribution in [3.63, 3.8) is 0 Å². The summed E-state index contributed by atoms with van der Waals surface area (Å²) in [5, 5.41) is 39.5. The summed E-state index contributed by atoms with van der Waals surface area (Å²) in [6.45, 7) is -0.212. The number of hydrogen-bond donors (Lipinski definition) is 5. The van der Waals surface area contributed by atoms with Gasteiger partial charge < -0.3 is 30.7 Å². The van der Waals surface area contributed by atoms with Gasteiger partial charge in [-0.3, -0.25) is 0 Å². The number of benzene rings is 1. The van der Waals surface area contributed by atoms with Crippen LogP contribution in [0.1, 0.15) is 6.42 Å². The van der Waals surface area contributed by atoms with Crippen LogP contribution in [0.2, 0.25) is 0 Å². The highest BCUT2D eigenvalue weighted by Crippen LogP contribution is 2.35. The van der Waals surface area contributed by atoms with Gasteiger partial charge in [0.2, 0.25) is 11.8 Å². The van der Waals surface area contributed by atoms with E-state index in [1.807, 2.05) is 35.7 Å². The molecular weight excluding hydrogens is 480 g/mol. The quantitative estimate of drug-likeness (QED) is 0.242. The molecular formula is C25H26N6O4S. The molecule has 186 valence electrons. The Hall–Kier alpha value is -3.64. The van der Waals surface area contributed by atoms with Crippen molar-refractivity contribution in [1.82, 2.24) is 19.9 Å². The first-order valence-corrected chi connectivity index (χ1v) is 12.3. The minimum Gasteiger partial charge on any atom is -0.481 e. The molecule has 3 aromatic heterocycles. The number of aromatic nitrogens is 4. The van der Waals surface area contributed by atoms with Crippen LogP contribution in [0, 0.1) is 5.92 Å². The molecule has 4 aromatic rings. The Balaban J connectivity index is 1.48. The monoisotopic (exact) mass is 506 g/mol. The Morgan fingerprint density at radius 3 is 2.67 bits per heavy atom. The molecule has 0 spiro atoms. The van der Waals surface area contributed by atoms with Crippen LogP contribution in [-0.4, -0.2) is 67.2 Å². The maximum Gasteiger partial charge on any atom is 0.229 e. The zero-order valence-corrected chi connectivity index (χ0v) is 20.3. The van der Waals surface area contributed by atoms with Crippen molar-refractivity contribution in [2.24, 2.45) is 5.92 Å². The summed E-state index contributed by atoms with van der Waals surface area (Å²) in [6, 6.07) is 12.9. The average molecular weight is 507 g/mol. The maximum absolute atomic E-state index is 10.6. The highest BCUT2D eigenvalue weighted by Gasteiger charge is 2.41. The van der Waals surface area contributed by atoms with Crippen LogP contribution < -0.4 is 15.4 Å². The number of ether oxygens (including phenoxy) is 1.